The molecular formula is C4H8ClO4P. The third-order valence-electron chi connectivity index (χ3n) is 0.633. The minimum atomic E-state index is -4.28. The highest BCUT2D eigenvalue weighted by atomic mass is 35.5. The van der Waals surface area contributed by atoms with Gasteiger partial charge in [-0.05, 0) is 6.42 Å². The number of halogens is 1. The van der Waals surface area contributed by atoms with Crippen molar-refractivity contribution < 1.29 is 18.9 Å². The summed E-state index contributed by atoms with van der Waals surface area (Å²) in [5.74, 6) is 0. The molecule has 0 rings (SSSR count). The first kappa shape index (κ1) is 10.1. The number of hydrogen-bond donors (Lipinski definition) is 2. The summed E-state index contributed by atoms with van der Waals surface area (Å²) >= 11 is 5.12. The maximum Gasteiger partial charge on any atom is 0.469 e. The second kappa shape index (κ2) is 4.88. The number of hydrogen-bond acceptors (Lipinski definition) is 2. The SMILES string of the molecule is O=P(O)(O)OCCC=CCl. The maximum absolute atomic E-state index is 10.0. The van der Waals surface area contributed by atoms with Gasteiger partial charge in [0, 0.05) is 5.54 Å². The van der Waals surface area contributed by atoms with Crippen LogP contribution in [0.3, 0.4) is 0 Å². The predicted molar refractivity (Wildman–Crippen MR) is 37.6 cm³/mol. The zero-order valence-electron chi connectivity index (χ0n) is 5.11. The van der Waals surface area contributed by atoms with E-state index in [0.717, 1.165) is 0 Å². The molecule has 0 spiro atoms. The van der Waals surface area contributed by atoms with E-state index in [9.17, 15) is 4.57 Å². The molecule has 2 N–H and O–H groups in total. The molecule has 0 fully saturated rings. The molecule has 0 atom stereocenters. The van der Waals surface area contributed by atoms with Crippen LogP contribution in [0.1, 0.15) is 6.42 Å². The summed E-state index contributed by atoms with van der Waals surface area (Å²) in [5, 5.41) is 0. The van der Waals surface area contributed by atoms with Gasteiger partial charge < -0.3 is 9.79 Å². The molecule has 0 unspecified atom stereocenters. The lowest BCUT2D eigenvalue weighted by Crippen LogP contribution is -1.89. The van der Waals surface area contributed by atoms with Crippen LogP contribution in [0.2, 0.25) is 0 Å². The van der Waals surface area contributed by atoms with E-state index in [-0.39, 0.29) is 6.61 Å². The standard InChI is InChI=1S/C4H8ClO4P/c5-3-1-2-4-9-10(6,7)8/h1,3H,2,4H2,(H2,6,7,8). The molecule has 0 aromatic rings. The van der Waals surface area contributed by atoms with Crippen LogP contribution in [-0.4, -0.2) is 16.4 Å². The van der Waals surface area contributed by atoms with Crippen molar-refractivity contribution in [3.8, 4) is 0 Å². The second-order valence-corrected chi connectivity index (χ2v) is 2.97. The number of rotatable bonds is 4. The summed E-state index contributed by atoms with van der Waals surface area (Å²) in [6.07, 6.45) is 1.94. The van der Waals surface area contributed by atoms with Crippen LogP contribution in [-0.2, 0) is 9.09 Å². The molecule has 4 nitrogen and oxygen atoms in total. The van der Waals surface area contributed by atoms with Crippen LogP contribution >= 0.6 is 19.4 Å². The first-order chi connectivity index (χ1) is 4.56. The van der Waals surface area contributed by atoms with Crippen LogP contribution in [0, 0.1) is 0 Å². The molecule has 0 heterocycles. The van der Waals surface area contributed by atoms with Crippen LogP contribution < -0.4 is 0 Å². The van der Waals surface area contributed by atoms with Crippen LogP contribution in [0.4, 0.5) is 0 Å². The van der Waals surface area contributed by atoms with Gasteiger partial charge in [0.1, 0.15) is 0 Å². The Labute approximate surface area is 63.7 Å². The molecule has 0 aromatic carbocycles. The lowest BCUT2D eigenvalue weighted by molar-refractivity contribution is 0.200. The average molecular weight is 187 g/mol. The van der Waals surface area contributed by atoms with Gasteiger partial charge in [-0.1, -0.05) is 17.7 Å². The van der Waals surface area contributed by atoms with Gasteiger partial charge in [-0.15, -0.1) is 0 Å². The smallest absolute Gasteiger partial charge is 0.303 e. The third-order valence-corrected chi connectivity index (χ3v) is 1.33. The number of phosphoric acid groups is 1. The third kappa shape index (κ3) is 8.14. The van der Waals surface area contributed by atoms with Crippen molar-refractivity contribution in [1.82, 2.24) is 0 Å². The van der Waals surface area contributed by atoms with Gasteiger partial charge in [0.05, 0.1) is 6.61 Å². The normalized spacial score (nSPS) is 12.7. The minimum absolute atomic E-state index is 0.0203. The van der Waals surface area contributed by atoms with Gasteiger partial charge in [-0.3, -0.25) is 4.52 Å². The molecule has 0 aliphatic carbocycles. The monoisotopic (exact) mass is 186 g/mol. The molecule has 0 aliphatic rings. The zero-order valence-corrected chi connectivity index (χ0v) is 6.76. The molecule has 0 aliphatic heterocycles. The first-order valence-electron chi connectivity index (χ1n) is 2.51. The summed E-state index contributed by atoms with van der Waals surface area (Å²) in [6.45, 7) is -0.0203. The molecule has 0 bridgehead atoms. The van der Waals surface area contributed by atoms with Crippen molar-refractivity contribution in [1.29, 1.82) is 0 Å². The lowest BCUT2D eigenvalue weighted by Gasteiger charge is -2.01. The maximum atomic E-state index is 10.0. The molecule has 6 heteroatoms. The summed E-state index contributed by atoms with van der Waals surface area (Å²) in [7, 11) is -4.28. The summed E-state index contributed by atoms with van der Waals surface area (Å²) < 4.78 is 14.1. The summed E-state index contributed by atoms with van der Waals surface area (Å²) in [6, 6.07) is 0. The van der Waals surface area contributed by atoms with Crippen molar-refractivity contribution in [2.75, 3.05) is 6.61 Å². The Morgan fingerprint density at radius 2 is 2.20 bits per heavy atom. The summed E-state index contributed by atoms with van der Waals surface area (Å²) in [5.41, 5.74) is 1.27. The molecule has 60 valence electrons. The van der Waals surface area contributed by atoms with Gasteiger partial charge in [0.2, 0.25) is 0 Å². The minimum Gasteiger partial charge on any atom is -0.303 e. The van der Waals surface area contributed by atoms with Crippen LogP contribution in [0.5, 0.6) is 0 Å². The van der Waals surface area contributed by atoms with E-state index in [1.54, 1.807) is 0 Å². The van der Waals surface area contributed by atoms with Gasteiger partial charge in [-0.2, -0.15) is 0 Å². The molecule has 0 saturated heterocycles. The Bertz CT molecular complexity index is 151. The molecule has 0 saturated carbocycles. The van der Waals surface area contributed by atoms with Gasteiger partial charge in [-0.25, -0.2) is 4.57 Å². The Morgan fingerprint density at radius 3 is 2.60 bits per heavy atom. The Kier molecular flexibility index (Phi) is 4.95. The quantitative estimate of drug-likeness (QED) is 0.512. The van der Waals surface area contributed by atoms with Crippen LogP contribution in [0.25, 0.3) is 0 Å². The topological polar surface area (TPSA) is 66.8 Å². The van der Waals surface area contributed by atoms with E-state index in [1.165, 1.54) is 11.6 Å². The lowest BCUT2D eigenvalue weighted by atomic mass is 10.5. The second-order valence-electron chi connectivity index (χ2n) is 1.47. The fourth-order valence-electron chi connectivity index (χ4n) is 0.303. The van der Waals surface area contributed by atoms with Crippen molar-refractivity contribution >= 4 is 19.4 Å². The van der Waals surface area contributed by atoms with Crippen molar-refractivity contribution in [2.45, 2.75) is 6.42 Å². The van der Waals surface area contributed by atoms with Gasteiger partial charge >= 0.3 is 7.82 Å². The fourth-order valence-corrected chi connectivity index (χ4v) is 0.772. The summed E-state index contributed by atoms with van der Waals surface area (Å²) in [4.78, 5) is 16.3. The highest BCUT2D eigenvalue weighted by Gasteiger charge is 2.11. The Morgan fingerprint density at radius 1 is 1.60 bits per heavy atom. The van der Waals surface area contributed by atoms with E-state index in [4.69, 9.17) is 21.4 Å². The van der Waals surface area contributed by atoms with Crippen molar-refractivity contribution in [3.05, 3.63) is 11.6 Å². The molecule has 10 heavy (non-hydrogen) atoms. The Balaban J connectivity index is 3.29. The highest BCUT2D eigenvalue weighted by Crippen LogP contribution is 2.35. The average Bonchev–Trinajstić information content (AvgIpc) is 1.78. The van der Waals surface area contributed by atoms with E-state index in [0.29, 0.717) is 6.42 Å². The first-order valence-corrected chi connectivity index (χ1v) is 4.48. The molecule has 0 aromatic heterocycles. The predicted octanol–water partition coefficient (Wildman–Crippen LogP) is 1.24. The molecule has 0 amide bonds. The van der Waals surface area contributed by atoms with E-state index in [2.05, 4.69) is 4.52 Å². The van der Waals surface area contributed by atoms with Crippen molar-refractivity contribution in [2.24, 2.45) is 0 Å². The largest absolute Gasteiger partial charge is 0.469 e. The molecule has 0 radical (unpaired) electrons. The van der Waals surface area contributed by atoms with Gasteiger partial charge in [0.15, 0.2) is 0 Å². The number of phosphoric ester groups is 1. The Hall–Kier alpha value is 0.140. The van der Waals surface area contributed by atoms with E-state index < -0.39 is 7.82 Å². The highest BCUT2D eigenvalue weighted by molar-refractivity contribution is 7.46. The van der Waals surface area contributed by atoms with E-state index >= 15 is 0 Å². The van der Waals surface area contributed by atoms with Crippen molar-refractivity contribution in [3.63, 3.8) is 0 Å². The van der Waals surface area contributed by atoms with E-state index in [1.807, 2.05) is 0 Å². The fraction of sp³-hybridized carbons (Fsp3) is 0.500. The molecular weight excluding hydrogens is 178 g/mol. The van der Waals surface area contributed by atoms with Gasteiger partial charge in [0.25, 0.3) is 0 Å². The zero-order chi connectivity index (χ0) is 8.04. The van der Waals surface area contributed by atoms with Crippen LogP contribution in [0.15, 0.2) is 11.6 Å².